The summed E-state index contributed by atoms with van der Waals surface area (Å²) in [6.45, 7) is 0.677. The minimum atomic E-state index is 0.132. The van der Waals surface area contributed by atoms with E-state index in [0.717, 1.165) is 12.1 Å². The summed E-state index contributed by atoms with van der Waals surface area (Å²) in [5.74, 6) is 0.539. The predicted octanol–water partition coefficient (Wildman–Crippen LogP) is 0.573. The summed E-state index contributed by atoms with van der Waals surface area (Å²) in [6.07, 6.45) is 0.803. The minimum absolute atomic E-state index is 0.132. The lowest BCUT2D eigenvalue weighted by Gasteiger charge is -2.05. The van der Waals surface area contributed by atoms with Crippen molar-refractivity contribution < 1.29 is 4.74 Å². The topological polar surface area (TPSA) is 98.8 Å². The highest BCUT2D eigenvalue weighted by Crippen LogP contribution is 2.08. The highest BCUT2D eigenvalue weighted by molar-refractivity contribution is 7.07. The number of nitrogens with zero attached hydrogens (tertiary/aromatic N) is 4. The molecular formula is C9H12N6OS. The van der Waals surface area contributed by atoms with Gasteiger partial charge in [0.25, 0.3) is 0 Å². The Morgan fingerprint density at radius 2 is 2.29 bits per heavy atom. The van der Waals surface area contributed by atoms with E-state index in [1.165, 1.54) is 7.11 Å². The Morgan fingerprint density at radius 1 is 1.41 bits per heavy atom. The van der Waals surface area contributed by atoms with Crippen LogP contribution in [-0.2, 0) is 6.42 Å². The Balaban J connectivity index is 1.92. The highest BCUT2D eigenvalue weighted by Gasteiger charge is 2.03. The van der Waals surface area contributed by atoms with Gasteiger partial charge in [0.05, 0.1) is 18.3 Å². The van der Waals surface area contributed by atoms with Gasteiger partial charge in [-0.1, -0.05) is 0 Å². The number of hydrogen-bond acceptors (Lipinski definition) is 8. The standard InChI is InChI=1S/C9H12N6OS/c1-16-9-14-7(10)13-8(15-9)11-3-2-6-4-17-5-12-6/h4-5H,2-3H2,1H3,(H3,10,11,13,14,15). The van der Waals surface area contributed by atoms with Crippen LogP contribution in [0.4, 0.5) is 11.9 Å². The van der Waals surface area contributed by atoms with Crippen LogP contribution in [0.25, 0.3) is 0 Å². The molecule has 0 aliphatic heterocycles. The van der Waals surface area contributed by atoms with E-state index in [1.54, 1.807) is 16.8 Å². The molecule has 17 heavy (non-hydrogen) atoms. The fraction of sp³-hybridized carbons (Fsp3) is 0.333. The molecule has 0 radical (unpaired) electrons. The molecule has 90 valence electrons. The number of methoxy groups -OCH3 is 1. The lowest BCUT2D eigenvalue weighted by atomic mass is 10.3. The Kier molecular flexibility index (Phi) is 3.66. The number of aromatic nitrogens is 4. The van der Waals surface area contributed by atoms with Crippen LogP contribution in [0.15, 0.2) is 10.9 Å². The highest BCUT2D eigenvalue weighted by atomic mass is 32.1. The normalized spacial score (nSPS) is 10.2. The first-order valence-corrected chi connectivity index (χ1v) is 5.88. The SMILES string of the molecule is COc1nc(N)nc(NCCc2cscn2)n1. The van der Waals surface area contributed by atoms with Crippen molar-refractivity contribution in [1.29, 1.82) is 0 Å². The molecule has 0 unspecified atom stereocenters. The summed E-state index contributed by atoms with van der Waals surface area (Å²) >= 11 is 1.57. The monoisotopic (exact) mass is 252 g/mol. The van der Waals surface area contributed by atoms with Crippen LogP contribution >= 0.6 is 11.3 Å². The predicted molar refractivity (Wildman–Crippen MR) is 65.1 cm³/mol. The lowest BCUT2D eigenvalue weighted by molar-refractivity contribution is 0.379. The number of anilines is 2. The summed E-state index contributed by atoms with van der Waals surface area (Å²) in [6, 6.07) is 0.202. The summed E-state index contributed by atoms with van der Waals surface area (Å²) in [5.41, 5.74) is 8.35. The maximum absolute atomic E-state index is 5.51. The summed E-state index contributed by atoms with van der Waals surface area (Å²) in [7, 11) is 1.48. The van der Waals surface area contributed by atoms with Crippen molar-refractivity contribution in [3.63, 3.8) is 0 Å². The van der Waals surface area contributed by atoms with E-state index in [0.29, 0.717) is 12.5 Å². The smallest absolute Gasteiger partial charge is 0.322 e. The first kappa shape index (κ1) is 11.5. The molecule has 2 rings (SSSR count). The van der Waals surface area contributed by atoms with Crippen LogP contribution in [-0.4, -0.2) is 33.6 Å². The molecule has 7 nitrogen and oxygen atoms in total. The number of rotatable bonds is 5. The summed E-state index contributed by atoms with van der Waals surface area (Å²) < 4.78 is 4.89. The molecule has 0 aliphatic rings. The van der Waals surface area contributed by atoms with Gasteiger partial charge in [-0.25, -0.2) is 4.98 Å². The van der Waals surface area contributed by atoms with Gasteiger partial charge in [0, 0.05) is 18.3 Å². The van der Waals surface area contributed by atoms with Gasteiger partial charge in [-0.3, -0.25) is 0 Å². The molecule has 0 aliphatic carbocycles. The molecule has 3 N–H and O–H groups in total. The van der Waals surface area contributed by atoms with E-state index in [-0.39, 0.29) is 12.0 Å². The zero-order valence-electron chi connectivity index (χ0n) is 9.25. The van der Waals surface area contributed by atoms with Crippen molar-refractivity contribution in [2.45, 2.75) is 6.42 Å². The number of nitrogens with two attached hydrogens (primary N) is 1. The molecule has 2 heterocycles. The van der Waals surface area contributed by atoms with Gasteiger partial charge in [-0.2, -0.15) is 15.0 Å². The Hall–Kier alpha value is -1.96. The van der Waals surface area contributed by atoms with E-state index >= 15 is 0 Å². The van der Waals surface area contributed by atoms with Crippen LogP contribution in [0, 0.1) is 0 Å². The maximum atomic E-state index is 5.51. The number of nitrogen functional groups attached to an aromatic ring is 1. The third-order valence-corrected chi connectivity index (χ3v) is 2.60. The second-order valence-corrected chi connectivity index (χ2v) is 3.88. The quantitative estimate of drug-likeness (QED) is 0.802. The molecule has 8 heteroatoms. The van der Waals surface area contributed by atoms with Crippen molar-refractivity contribution >= 4 is 23.2 Å². The second kappa shape index (κ2) is 5.39. The van der Waals surface area contributed by atoms with Gasteiger partial charge in [0.1, 0.15) is 0 Å². The van der Waals surface area contributed by atoms with Crippen LogP contribution < -0.4 is 15.8 Å². The lowest BCUT2D eigenvalue weighted by Crippen LogP contribution is -2.11. The molecule has 2 aromatic rings. The average molecular weight is 252 g/mol. The Bertz CT molecular complexity index is 474. The third-order valence-electron chi connectivity index (χ3n) is 1.96. The van der Waals surface area contributed by atoms with Crippen molar-refractivity contribution in [3.05, 3.63) is 16.6 Å². The zero-order chi connectivity index (χ0) is 12.1. The Morgan fingerprint density at radius 3 is 3.00 bits per heavy atom. The molecule has 0 bridgehead atoms. The number of ether oxygens (including phenoxy) is 1. The molecule has 2 aromatic heterocycles. The van der Waals surface area contributed by atoms with Crippen molar-refractivity contribution in [3.8, 4) is 6.01 Å². The van der Waals surface area contributed by atoms with Crippen LogP contribution in [0.1, 0.15) is 5.69 Å². The average Bonchev–Trinajstić information content (AvgIpc) is 2.81. The fourth-order valence-electron chi connectivity index (χ4n) is 1.21. The van der Waals surface area contributed by atoms with Gasteiger partial charge in [-0.15, -0.1) is 11.3 Å². The van der Waals surface area contributed by atoms with Gasteiger partial charge < -0.3 is 15.8 Å². The molecule has 0 atom stereocenters. The van der Waals surface area contributed by atoms with E-state index in [2.05, 4.69) is 25.3 Å². The second-order valence-electron chi connectivity index (χ2n) is 3.16. The van der Waals surface area contributed by atoms with E-state index in [4.69, 9.17) is 10.5 Å². The van der Waals surface area contributed by atoms with Gasteiger partial charge in [0.15, 0.2) is 0 Å². The molecule has 0 saturated heterocycles. The largest absolute Gasteiger partial charge is 0.467 e. The fourth-order valence-corrected chi connectivity index (χ4v) is 1.80. The molecule has 0 aromatic carbocycles. The first-order valence-electron chi connectivity index (χ1n) is 4.94. The summed E-state index contributed by atoms with van der Waals surface area (Å²) in [4.78, 5) is 15.9. The molecule has 0 fully saturated rings. The maximum Gasteiger partial charge on any atom is 0.322 e. The zero-order valence-corrected chi connectivity index (χ0v) is 10.1. The summed E-state index contributed by atoms with van der Waals surface area (Å²) in [5, 5.41) is 5.04. The third kappa shape index (κ3) is 3.25. The van der Waals surface area contributed by atoms with Gasteiger partial charge in [0.2, 0.25) is 11.9 Å². The van der Waals surface area contributed by atoms with Crippen LogP contribution in [0.5, 0.6) is 6.01 Å². The van der Waals surface area contributed by atoms with Crippen molar-refractivity contribution in [1.82, 2.24) is 19.9 Å². The molecule has 0 saturated carbocycles. The van der Waals surface area contributed by atoms with E-state index in [1.807, 2.05) is 5.38 Å². The van der Waals surface area contributed by atoms with Crippen LogP contribution in [0.2, 0.25) is 0 Å². The molecular weight excluding hydrogens is 240 g/mol. The number of hydrogen-bond donors (Lipinski definition) is 2. The van der Waals surface area contributed by atoms with Gasteiger partial charge >= 0.3 is 6.01 Å². The Labute approximate surface area is 102 Å². The minimum Gasteiger partial charge on any atom is -0.467 e. The van der Waals surface area contributed by atoms with Crippen LogP contribution in [0.3, 0.4) is 0 Å². The number of thiazole rings is 1. The van der Waals surface area contributed by atoms with Crippen molar-refractivity contribution in [2.75, 3.05) is 24.7 Å². The van der Waals surface area contributed by atoms with E-state index < -0.39 is 0 Å². The molecule has 0 spiro atoms. The first-order chi connectivity index (χ1) is 8.28. The van der Waals surface area contributed by atoms with Gasteiger partial charge in [-0.05, 0) is 0 Å². The van der Waals surface area contributed by atoms with E-state index in [9.17, 15) is 0 Å². The van der Waals surface area contributed by atoms with Crippen molar-refractivity contribution in [2.24, 2.45) is 0 Å². The molecule has 0 amide bonds. The number of nitrogens with one attached hydrogen (secondary N) is 1.